The summed E-state index contributed by atoms with van der Waals surface area (Å²) in [5.74, 6) is -1.20. The zero-order valence-corrected chi connectivity index (χ0v) is 14.8. The molecule has 0 spiro atoms. The molecule has 2 aromatic carbocycles. The molecule has 1 fully saturated rings. The Morgan fingerprint density at radius 2 is 2.07 bits per heavy atom. The molecule has 3 aromatic rings. The van der Waals surface area contributed by atoms with Crippen molar-refractivity contribution in [1.29, 1.82) is 0 Å². The zero-order valence-electron chi connectivity index (χ0n) is 14.8. The number of nitrogens with one attached hydrogen (secondary N) is 2. The van der Waals surface area contributed by atoms with E-state index in [1.54, 1.807) is 12.1 Å². The summed E-state index contributed by atoms with van der Waals surface area (Å²) in [5, 5.41) is 9.95. The van der Waals surface area contributed by atoms with E-state index in [1.807, 2.05) is 24.3 Å². The largest absolute Gasteiger partial charge is 0.326 e. The van der Waals surface area contributed by atoms with Gasteiger partial charge in [0.1, 0.15) is 5.82 Å². The van der Waals surface area contributed by atoms with Crippen molar-refractivity contribution < 1.29 is 14.0 Å². The molecule has 1 atom stereocenters. The number of anilines is 2. The van der Waals surface area contributed by atoms with Crippen LogP contribution in [0.15, 0.2) is 42.5 Å². The van der Waals surface area contributed by atoms with Gasteiger partial charge in [-0.25, -0.2) is 4.39 Å². The van der Waals surface area contributed by atoms with E-state index in [9.17, 15) is 14.0 Å². The Morgan fingerprint density at radius 3 is 2.81 bits per heavy atom. The minimum Gasteiger partial charge on any atom is -0.326 e. The Bertz CT molecular complexity index is 1010. The predicted molar refractivity (Wildman–Crippen MR) is 101 cm³/mol. The maximum Gasteiger partial charge on any atom is 0.229 e. The molecule has 1 saturated heterocycles. The molecular weight excluding hydrogens is 347 g/mol. The second-order valence-electron chi connectivity index (χ2n) is 6.65. The normalized spacial score (nSPS) is 16.9. The highest BCUT2D eigenvalue weighted by Crippen LogP contribution is 2.31. The van der Waals surface area contributed by atoms with Crippen LogP contribution in [0.25, 0.3) is 10.9 Å². The van der Waals surface area contributed by atoms with Crippen LogP contribution >= 0.6 is 0 Å². The summed E-state index contributed by atoms with van der Waals surface area (Å²) < 4.78 is 14.2. The lowest BCUT2D eigenvalue weighted by Crippen LogP contribution is -2.28. The van der Waals surface area contributed by atoms with Crippen LogP contribution in [0, 0.1) is 11.7 Å². The fourth-order valence-electron chi connectivity index (χ4n) is 3.36. The predicted octanol–water partition coefficient (Wildman–Crippen LogP) is 3.26. The van der Waals surface area contributed by atoms with Crippen LogP contribution in [0.3, 0.4) is 0 Å². The first-order valence-corrected chi connectivity index (χ1v) is 8.89. The molecule has 2 heterocycles. The summed E-state index contributed by atoms with van der Waals surface area (Å²) in [5.41, 5.74) is 2.39. The number of halogens is 1. The third-order valence-corrected chi connectivity index (χ3v) is 4.90. The standard InChI is InChI=1S/C20H19FN4O2/c1-2-12-6-8-14(9-7-12)22-20(27)13-10-17(26)25(11-13)19-18-15(21)4-3-5-16(18)23-24-19/h3-9,13H,2,10-11H2,1H3,(H,22,27)(H,23,24)/t13-/m1/s1. The number of amides is 2. The molecule has 0 unspecified atom stereocenters. The lowest BCUT2D eigenvalue weighted by Gasteiger charge is -2.14. The van der Waals surface area contributed by atoms with Gasteiger partial charge >= 0.3 is 0 Å². The van der Waals surface area contributed by atoms with Crippen molar-refractivity contribution in [2.45, 2.75) is 19.8 Å². The Balaban J connectivity index is 1.52. The molecule has 27 heavy (non-hydrogen) atoms. The third kappa shape index (κ3) is 3.16. The number of aromatic amines is 1. The number of hydrogen-bond acceptors (Lipinski definition) is 3. The number of hydrogen-bond donors (Lipinski definition) is 2. The maximum absolute atomic E-state index is 14.2. The summed E-state index contributed by atoms with van der Waals surface area (Å²) in [6.45, 7) is 2.24. The van der Waals surface area contributed by atoms with Crippen LogP contribution in [0.2, 0.25) is 0 Å². The monoisotopic (exact) mass is 366 g/mol. The number of fused-ring (bicyclic) bond motifs is 1. The number of aryl methyl sites for hydroxylation is 1. The number of nitrogens with zero attached hydrogens (tertiary/aromatic N) is 2. The van der Waals surface area contributed by atoms with E-state index in [2.05, 4.69) is 22.4 Å². The molecule has 7 heteroatoms. The molecule has 1 aliphatic rings. The van der Waals surface area contributed by atoms with Crippen molar-refractivity contribution in [3.8, 4) is 0 Å². The first-order chi connectivity index (χ1) is 13.1. The molecule has 1 aliphatic heterocycles. The van der Waals surface area contributed by atoms with E-state index in [4.69, 9.17) is 0 Å². The van der Waals surface area contributed by atoms with Crippen LogP contribution in [0.5, 0.6) is 0 Å². The second-order valence-corrected chi connectivity index (χ2v) is 6.65. The van der Waals surface area contributed by atoms with Crippen molar-refractivity contribution in [3.63, 3.8) is 0 Å². The number of carbonyl (C=O) groups excluding carboxylic acids is 2. The first-order valence-electron chi connectivity index (χ1n) is 8.89. The highest BCUT2D eigenvalue weighted by molar-refractivity contribution is 6.07. The van der Waals surface area contributed by atoms with Crippen LogP contribution in [0.4, 0.5) is 15.9 Å². The van der Waals surface area contributed by atoms with Gasteiger partial charge in [-0.3, -0.25) is 19.6 Å². The average molecular weight is 366 g/mol. The minimum atomic E-state index is -0.512. The summed E-state index contributed by atoms with van der Waals surface area (Å²) >= 11 is 0. The number of H-pyrrole nitrogens is 1. The SMILES string of the molecule is CCc1ccc(NC(=O)[C@@H]2CC(=O)N(c3n[nH]c4cccc(F)c34)C2)cc1. The van der Waals surface area contributed by atoms with Gasteiger partial charge in [0.2, 0.25) is 11.8 Å². The average Bonchev–Trinajstić information content (AvgIpc) is 3.26. The molecular formula is C20H19FN4O2. The Morgan fingerprint density at radius 1 is 1.30 bits per heavy atom. The van der Waals surface area contributed by atoms with Gasteiger partial charge in [0.15, 0.2) is 5.82 Å². The highest BCUT2D eigenvalue weighted by atomic mass is 19.1. The van der Waals surface area contributed by atoms with Crippen molar-refractivity contribution in [3.05, 3.63) is 53.8 Å². The highest BCUT2D eigenvalue weighted by Gasteiger charge is 2.37. The van der Waals surface area contributed by atoms with E-state index < -0.39 is 11.7 Å². The van der Waals surface area contributed by atoms with Gasteiger partial charge in [-0.15, -0.1) is 0 Å². The Labute approximate surface area is 155 Å². The smallest absolute Gasteiger partial charge is 0.229 e. The summed E-state index contributed by atoms with van der Waals surface area (Å²) in [7, 11) is 0. The second kappa shape index (κ2) is 6.83. The van der Waals surface area contributed by atoms with E-state index in [1.165, 1.54) is 16.5 Å². The molecule has 6 nitrogen and oxygen atoms in total. The van der Waals surface area contributed by atoms with Crippen LogP contribution in [-0.4, -0.2) is 28.6 Å². The van der Waals surface area contributed by atoms with Gasteiger partial charge in [-0.2, -0.15) is 5.10 Å². The van der Waals surface area contributed by atoms with Gasteiger partial charge in [-0.05, 0) is 36.2 Å². The summed E-state index contributed by atoms with van der Waals surface area (Å²) in [6, 6.07) is 12.2. The number of carbonyl (C=O) groups is 2. The van der Waals surface area contributed by atoms with Crippen molar-refractivity contribution in [1.82, 2.24) is 10.2 Å². The molecule has 0 aliphatic carbocycles. The molecule has 0 radical (unpaired) electrons. The summed E-state index contributed by atoms with van der Waals surface area (Å²) in [4.78, 5) is 26.4. The number of benzene rings is 2. The molecule has 0 bridgehead atoms. The third-order valence-electron chi connectivity index (χ3n) is 4.90. The number of rotatable bonds is 4. The van der Waals surface area contributed by atoms with Crippen LogP contribution in [-0.2, 0) is 16.0 Å². The Kier molecular flexibility index (Phi) is 4.35. The molecule has 2 N–H and O–H groups in total. The molecule has 1 aromatic heterocycles. The van der Waals surface area contributed by atoms with E-state index in [-0.39, 0.29) is 36.0 Å². The van der Waals surface area contributed by atoms with E-state index >= 15 is 0 Å². The van der Waals surface area contributed by atoms with E-state index in [0.29, 0.717) is 11.2 Å². The minimum absolute atomic E-state index is 0.0711. The summed E-state index contributed by atoms with van der Waals surface area (Å²) in [6.07, 6.45) is 0.996. The van der Waals surface area contributed by atoms with Gasteiger partial charge < -0.3 is 5.32 Å². The molecule has 138 valence electrons. The van der Waals surface area contributed by atoms with E-state index in [0.717, 1.165) is 6.42 Å². The van der Waals surface area contributed by atoms with Gasteiger partial charge in [0.05, 0.1) is 16.8 Å². The lowest BCUT2D eigenvalue weighted by molar-refractivity contribution is -0.122. The van der Waals surface area contributed by atoms with Crippen molar-refractivity contribution >= 4 is 34.2 Å². The molecule has 2 amide bonds. The molecule has 0 saturated carbocycles. The van der Waals surface area contributed by atoms with Gasteiger partial charge in [0, 0.05) is 18.7 Å². The zero-order chi connectivity index (χ0) is 19.0. The fraction of sp³-hybridized carbons (Fsp3) is 0.250. The first kappa shape index (κ1) is 17.2. The van der Waals surface area contributed by atoms with Crippen LogP contribution < -0.4 is 10.2 Å². The fourth-order valence-corrected chi connectivity index (χ4v) is 3.36. The van der Waals surface area contributed by atoms with Crippen molar-refractivity contribution in [2.24, 2.45) is 5.92 Å². The topological polar surface area (TPSA) is 78.1 Å². The maximum atomic E-state index is 14.2. The van der Waals surface area contributed by atoms with Crippen molar-refractivity contribution in [2.75, 3.05) is 16.8 Å². The van der Waals surface area contributed by atoms with Gasteiger partial charge in [-0.1, -0.05) is 25.1 Å². The van der Waals surface area contributed by atoms with Crippen LogP contribution in [0.1, 0.15) is 18.9 Å². The lowest BCUT2D eigenvalue weighted by atomic mass is 10.1. The van der Waals surface area contributed by atoms with Gasteiger partial charge in [0.25, 0.3) is 0 Å². The molecule has 4 rings (SSSR count). The Hall–Kier alpha value is -3.22. The number of aromatic nitrogens is 2. The quantitative estimate of drug-likeness (QED) is 0.744.